The molecule has 0 fully saturated rings. The molecule has 0 saturated carbocycles. The maximum atomic E-state index is 5.79. The monoisotopic (exact) mass is 494 g/mol. The number of nitrogens with one attached hydrogen (secondary N) is 1. The lowest BCUT2D eigenvalue weighted by molar-refractivity contribution is 0.00677. The normalized spacial score (nSPS) is 12.7. The van der Waals surface area contributed by atoms with Gasteiger partial charge in [0.05, 0.1) is 72.7 Å². The molecule has 0 aromatic heterocycles. The zero-order chi connectivity index (χ0) is 25.5. The van der Waals surface area contributed by atoms with Crippen LogP contribution in [0.15, 0.2) is 0 Å². The van der Waals surface area contributed by atoms with E-state index in [-0.39, 0.29) is 11.1 Å². The van der Waals surface area contributed by atoms with Gasteiger partial charge in [-0.2, -0.15) is 0 Å². The zero-order valence-electron chi connectivity index (χ0n) is 23.1. The van der Waals surface area contributed by atoms with Crippen molar-refractivity contribution < 1.29 is 33.2 Å². The Morgan fingerprint density at radius 1 is 0.529 bits per heavy atom. The van der Waals surface area contributed by atoms with Gasteiger partial charge >= 0.3 is 0 Å². The van der Waals surface area contributed by atoms with Crippen molar-refractivity contribution in [2.45, 2.75) is 52.1 Å². The Bertz CT molecular complexity index is 434. The van der Waals surface area contributed by atoms with Gasteiger partial charge in [0.15, 0.2) is 0 Å². The Labute approximate surface area is 209 Å². The third kappa shape index (κ3) is 22.1. The van der Waals surface area contributed by atoms with Gasteiger partial charge in [-0.25, -0.2) is 0 Å². The number of hydrogen-bond donors (Lipinski definition) is 1. The van der Waals surface area contributed by atoms with E-state index >= 15 is 0 Å². The molecule has 1 N–H and O–H groups in total. The van der Waals surface area contributed by atoms with E-state index in [4.69, 9.17) is 33.2 Å². The molecule has 0 aliphatic heterocycles. The first-order valence-electron chi connectivity index (χ1n) is 12.6. The third-order valence-electron chi connectivity index (χ3n) is 5.29. The Morgan fingerprint density at radius 2 is 0.941 bits per heavy atom. The molecule has 0 radical (unpaired) electrons. The lowest BCUT2D eigenvalue weighted by Gasteiger charge is -2.35. The average Bonchev–Trinajstić information content (AvgIpc) is 2.77. The Kier molecular flexibility index (Phi) is 21.7. The van der Waals surface area contributed by atoms with Crippen LogP contribution >= 0.6 is 0 Å². The molecule has 0 spiro atoms. The summed E-state index contributed by atoms with van der Waals surface area (Å²) in [6.07, 6.45) is 0.925. The number of methoxy groups -OCH3 is 2. The summed E-state index contributed by atoms with van der Waals surface area (Å²) in [5, 5.41) is 3.52. The van der Waals surface area contributed by atoms with E-state index in [1.807, 2.05) is 0 Å². The number of rotatable bonds is 25. The number of nitrogens with zero attached hydrogens (tertiary/aromatic N) is 1. The van der Waals surface area contributed by atoms with E-state index in [1.165, 1.54) is 0 Å². The van der Waals surface area contributed by atoms with Gasteiger partial charge < -0.3 is 38.5 Å². The van der Waals surface area contributed by atoms with E-state index < -0.39 is 0 Å². The van der Waals surface area contributed by atoms with Crippen molar-refractivity contribution in [1.82, 2.24) is 10.2 Å². The molecule has 9 heteroatoms. The Morgan fingerprint density at radius 3 is 1.41 bits per heavy atom. The van der Waals surface area contributed by atoms with Gasteiger partial charge in [-0.3, -0.25) is 4.90 Å². The molecule has 0 aliphatic carbocycles. The molecule has 0 atom stereocenters. The first-order valence-corrected chi connectivity index (χ1v) is 12.6. The third-order valence-corrected chi connectivity index (χ3v) is 5.29. The second-order valence-corrected chi connectivity index (χ2v) is 9.77. The summed E-state index contributed by atoms with van der Waals surface area (Å²) >= 11 is 0. The second-order valence-electron chi connectivity index (χ2n) is 9.77. The molecule has 0 aromatic rings. The predicted octanol–water partition coefficient (Wildman–Crippen LogP) is 2.22. The van der Waals surface area contributed by atoms with Gasteiger partial charge in [-0.05, 0) is 41.0 Å². The largest absolute Gasteiger partial charge is 0.382 e. The first kappa shape index (κ1) is 33.6. The highest BCUT2D eigenvalue weighted by molar-refractivity contribution is 4.77. The molecule has 0 aromatic carbocycles. The van der Waals surface area contributed by atoms with Crippen LogP contribution in [-0.4, -0.2) is 129 Å². The van der Waals surface area contributed by atoms with Crippen LogP contribution in [-0.2, 0) is 33.2 Å². The Balaban J connectivity index is 3.68. The van der Waals surface area contributed by atoms with Gasteiger partial charge in [-0.15, -0.1) is 0 Å². The summed E-state index contributed by atoms with van der Waals surface area (Å²) in [5.74, 6) is 0. The molecule has 206 valence electrons. The lowest BCUT2D eigenvalue weighted by Crippen LogP contribution is -2.45. The number of ether oxygens (including phenoxy) is 7. The second kappa shape index (κ2) is 21.9. The van der Waals surface area contributed by atoms with Gasteiger partial charge in [0, 0.05) is 51.5 Å². The highest BCUT2D eigenvalue weighted by Gasteiger charge is 2.20. The summed E-state index contributed by atoms with van der Waals surface area (Å²) in [7, 11) is 3.35. The standard InChI is InChI=1S/C25H54N2O7/c1-24(2,3)27(10-14-32-18-16-28-6)11-15-33-22-20-30-12-8-25(4,5)26-9-13-31-21-23-34-19-17-29-7/h26H,8-23H2,1-7H3. The van der Waals surface area contributed by atoms with E-state index in [9.17, 15) is 0 Å². The fourth-order valence-corrected chi connectivity index (χ4v) is 3.04. The summed E-state index contributed by atoms with van der Waals surface area (Å²) in [6, 6.07) is 0. The van der Waals surface area contributed by atoms with E-state index in [2.05, 4.69) is 44.8 Å². The van der Waals surface area contributed by atoms with E-state index in [1.54, 1.807) is 14.2 Å². The van der Waals surface area contributed by atoms with Crippen LogP contribution in [0.5, 0.6) is 0 Å². The summed E-state index contributed by atoms with van der Waals surface area (Å²) in [6.45, 7) is 21.2. The van der Waals surface area contributed by atoms with Crippen LogP contribution in [0.3, 0.4) is 0 Å². The molecular formula is C25H54N2O7. The molecule has 0 heterocycles. The zero-order valence-corrected chi connectivity index (χ0v) is 23.1. The van der Waals surface area contributed by atoms with Crippen molar-refractivity contribution in [3.63, 3.8) is 0 Å². The molecule has 0 bridgehead atoms. The van der Waals surface area contributed by atoms with Crippen molar-refractivity contribution in [1.29, 1.82) is 0 Å². The maximum Gasteiger partial charge on any atom is 0.0701 e. The van der Waals surface area contributed by atoms with E-state index in [0.717, 1.165) is 26.1 Å². The molecule has 0 rings (SSSR count). The quantitative estimate of drug-likeness (QED) is 0.192. The molecule has 0 unspecified atom stereocenters. The van der Waals surface area contributed by atoms with Crippen LogP contribution < -0.4 is 5.32 Å². The Hall–Kier alpha value is -0.360. The van der Waals surface area contributed by atoms with Crippen molar-refractivity contribution in [3.8, 4) is 0 Å². The minimum absolute atomic E-state index is 0.00227. The lowest BCUT2D eigenvalue weighted by atomic mass is 10.0. The highest BCUT2D eigenvalue weighted by atomic mass is 16.5. The average molecular weight is 495 g/mol. The van der Waals surface area contributed by atoms with Gasteiger partial charge in [0.1, 0.15) is 0 Å². The van der Waals surface area contributed by atoms with Gasteiger partial charge in [0.2, 0.25) is 0 Å². The summed E-state index contributed by atoms with van der Waals surface area (Å²) in [5.41, 5.74) is 0.0731. The van der Waals surface area contributed by atoms with Crippen molar-refractivity contribution in [3.05, 3.63) is 0 Å². The highest BCUT2D eigenvalue weighted by Crippen LogP contribution is 2.12. The fourth-order valence-electron chi connectivity index (χ4n) is 3.04. The van der Waals surface area contributed by atoms with Crippen LogP contribution in [0.4, 0.5) is 0 Å². The molecule has 0 amide bonds. The minimum Gasteiger partial charge on any atom is -0.382 e. The van der Waals surface area contributed by atoms with Crippen molar-refractivity contribution >= 4 is 0 Å². The van der Waals surface area contributed by atoms with Crippen LogP contribution in [0.25, 0.3) is 0 Å². The smallest absolute Gasteiger partial charge is 0.0701 e. The van der Waals surface area contributed by atoms with Crippen molar-refractivity contribution in [2.24, 2.45) is 0 Å². The molecule has 34 heavy (non-hydrogen) atoms. The summed E-state index contributed by atoms with van der Waals surface area (Å²) < 4.78 is 38.1. The minimum atomic E-state index is -0.00227. The molecule has 0 saturated heterocycles. The predicted molar refractivity (Wildman–Crippen MR) is 136 cm³/mol. The van der Waals surface area contributed by atoms with E-state index in [0.29, 0.717) is 79.3 Å². The first-order chi connectivity index (χ1) is 16.2. The summed E-state index contributed by atoms with van der Waals surface area (Å²) in [4.78, 5) is 2.38. The van der Waals surface area contributed by atoms with Crippen LogP contribution in [0.2, 0.25) is 0 Å². The molecule has 9 nitrogen and oxygen atoms in total. The van der Waals surface area contributed by atoms with Gasteiger partial charge in [0.25, 0.3) is 0 Å². The van der Waals surface area contributed by atoms with Crippen LogP contribution in [0.1, 0.15) is 41.0 Å². The molecule has 0 aliphatic rings. The maximum absolute atomic E-state index is 5.79. The fraction of sp³-hybridized carbons (Fsp3) is 1.00. The topological polar surface area (TPSA) is 79.9 Å². The number of hydrogen-bond acceptors (Lipinski definition) is 9. The van der Waals surface area contributed by atoms with Crippen molar-refractivity contribution in [2.75, 3.05) is 113 Å². The molecular weight excluding hydrogens is 440 g/mol. The van der Waals surface area contributed by atoms with Gasteiger partial charge in [-0.1, -0.05) is 0 Å². The SMILES string of the molecule is COCCOCCOCCNC(C)(C)CCOCCOCCN(CCOCCOC)C(C)(C)C. The van der Waals surface area contributed by atoms with Crippen LogP contribution in [0, 0.1) is 0 Å².